The van der Waals surface area contributed by atoms with Crippen molar-refractivity contribution in [3.63, 3.8) is 0 Å². The molecule has 4 aliphatic rings. The molecule has 6 amide bonds. The molecule has 0 unspecified atom stereocenters. The zero-order valence-corrected chi connectivity index (χ0v) is 30.8. The number of rotatable bonds is 12. The van der Waals surface area contributed by atoms with E-state index in [9.17, 15) is 28.8 Å². The third-order valence-corrected chi connectivity index (χ3v) is 10.8. The van der Waals surface area contributed by atoms with Gasteiger partial charge in [-0.1, -0.05) is 12.1 Å². The molecule has 0 spiro atoms. The molecule has 0 radical (unpaired) electrons. The van der Waals surface area contributed by atoms with Crippen molar-refractivity contribution in [3.8, 4) is 5.75 Å². The zero-order chi connectivity index (χ0) is 38.9. The number of aromatic nitrogens is 5. The van der Waals surface area contributed by atoms with Crippen LogP contribution in [0.3, 0.4) is 0 Å². The molecule has 290 valence electrons. The lowest BCUT2D eigenvalue weighted by atomic mass is 9.86. The molecule has 6 heterocycles. The largest absolute Gasteiger partial charge is 0.483 e. The molecular formula is C38H41N11O7. The molecule has 3 aliphatic heterocycles. The number of carbonyl (C=O) groups excluding carboxylic acids is 6. The highest BCUT2D eigenvalue weighted by molar-refractivity contribution is 6.24. The van der Waals surface area contributed by atoms with Crippen molar-refractivity contribution in [2.24, 2.45) is 0 Å². The predicted molar refractivity (Wildman–Crippen MR) is 199 cm³/mol. The van der Waals surface area contributed by atoms with Crippen LogP contribution in [0.15, 0.2) is 49.1 Å². The number of amides is 6. The average Bonchev–Trinajstić information content (AvgIpc) is 3.72. The third-order valence-electron chi connectivity index (χ3n) is 10.8. The number of ether oxygens (including phenoxy) is 1. The highest BCUT2D eigenvalue weighted by Crippen LogP contribution is 2.36. The van der Waals surface area contributed by atoms with Gasteiger partial charge >= 0.3 is 0 Å². The van der Waals surface area contributed by atoms with E-state index < -0.39 is 29.7 Å². The number of hydrogen-bond donors (Lipinski definition) is 3. The van der Waals surface area contributed by atoms with Gasteiger partial charge in [0.15, 0.2) is 18.1 Å². The maximum Gasteiger partial charge on any atom is 0.270 e. The standard InChI is InChI=1S/C38H41N11O7/c1-22-5-2-7-26(43-22)35(52)44-23-17-24(18-23)48-21-42-32-33(40-20-41-34(32)48)39-11-4-12-46-13-15-47(16-14-46)30(51)19-56-28-8-3-6-25-31(28)38(55)49(37(25)54)27-9-10-29(50)45-36(27)53/h2-3,5-8,20-21,23-24,27H,4,9-19H2,1H3,(H,44,52)(H,39,40,41)(H,45,50,53)/t23?,24?,27-/m1/s1. The molecule has 1 aliphatic carbocycles. The number of imide groups is 2. The zero-order valence-electron chi connectivity index (χ0n) is 30.8. The van der Waals surface area contributed by atoms with Crippen molar-refractivity contribution in [2.75, 3.05) is 51.2 Å². The van der Waals surface area contributed by atoms with Crippen LogP contribution in [0, 0.1) is 6.92 Å². The summed E-state index contributed by atoms with van der Waals surface area (Å²) in [5, 5.41) is 8.65. The number of benzene rings is 1. The van der Waals surface area contributed by atoms with Crippen molar-refractivity contribution < 1.29 is 33.5 Å². The lowest BCUT2D eigenvalue weighted by molar-refractivity contribution is -0.136. The Kier molecular flexibility index (Phi) is 10.1. The normalized spacial score (nSPS) is 21.1. The molecule has 1 saturated carbocycles. The van der Waals surface area contributed by atoms with Gasteiger partial charge in [0.25, 0.3) is 23.6 Å². The molecular weight excluding hydrogens is 722 g/mol. The quantitative estimate of drug-likeness (QED) is 0.136. The second kappa shape index (κ2) is 15.4. The number of anilines is 1. The average molecular weight is 764 g/mol. The van der Waals surface area contributed by atoms with Crippen molar-refractivity contribution >= 4 is 52.4 Å². The highest BCUT2D eigenvalue weighted by Gasteiger charge is 2.46. The summed E-state index contributed by atoms with van der Waals surface area (Å²) >= 11 is 0. The van der Waals surface area contributed by atoms with Crippen molar-refractivity contribution in [2.45, 2.75) is 57.2 Å². The van der Waals surface area contributed by atoms with Gasteiger partial charge in [-0.3, -0.25) is 43.9 Å². The molecule has 18 nitrogen and oxygen atoms in total. The first kappa shape index (κ1) is 36.7. The van der Waals surface area contributed by atoms with Crippen LogP contribution in [-0.2, 0) is 14.4 Å². The third kappa shape index (κ3) is 7.26. The van der Waals surface area contributed by atoms with E-state index in [1.165, 1.54) is 18.5 Å². The number of nitrogens with one attached hydrogen (secondary N) is 3. The molecule has 56 heavy (non-hydrogen) atoms. The van der Waals surface area contributed by atoms with E-state index in [-0.39, 0.29) is 60.2 Å². The van der Waals surface area contributed by atoms with Crippen LogP contribution in [0.4, 0.5) is 5.82 Å². The number of hydrogen-bond acceptors (Lipinski definition) is 13. The van der Waals surface area contributed by atoms with Crippen LogP contribution in [0.5, 0.6) is 5.75 Å². The Bertz CT molecular complexity index is 2230. The molecule has 8 rings (SSSR count). The minimum Gasteiger partial charge on any atom is -0.483 e. The number of imidazole rings is 1. The first-order chi connectivity index (χ1) is 27.1. The minimum absolute atomic E-state index is 0.00981. The van der Waals surface area contributed by atoms with E-state index in [4.69, 9.17) is 4.74 Å². The lowest BCUT2D eigenvalue weighted by Gasteiger charge is -2.36. The van der Waals surface area contributed by atoms with Gasteiger partial charge in [-0.05, 0) is 63.4 Å². The van der Waals surface area contributed by atoms with Crippen molar-refractivity contribution in [1.82, 2.24) is 49.8 Å². The van der Waals surface area contributed by atoms with Crippen LogP contribution < -0.4 is 20.7 Å². The summed E-state index contributed by atoms with van der Waals surface area (Å²) in [6.07, 6.45) is 5.76. The predicted octanol–water partition coefficient (Wildman–Crippen LogP) is 1.09. The van der Waals surface area contributed by atoms with E-state index in [1.807, 2.05) is 23.6 Å². The van der Waals surface area contributed by atoms with Gasteiger partial charge in [0.1, 0.15) is 29.3 Å². The first-order valence-corrected chi connectivity index (χ1v) is 18.8. The van der Waals surface area contributed by atoms with Crippen LogP contribution in [-0.4, -0.2) is 133 Å². The second-order valence-electron chi connectivity index (χ2n) is 14.4. The van der Waals surface area contributed by atoms with Crippen LogP contribution in [0.2, 0.25) is 0 Å². The Morgan fingerprint density at radius 3 is 2.55 bits per heavy atom. The summed E-state index contributed by atoms with van der Waals surface area (Å²) in [6.45, 7) is 5.44. The fourth-order valence-corrected chi connectivity index (χ4v) is 7.68. The molecule has 1 aromatic carbocycles. The molecule has 18 heteroatoms. The minimum atomic E-state index is -1.09. The molecule has 1 atom stereocenters. The Morgan fingerprint density at radius 1 is 0.964 bits per heavy atom. The topological polar surface area (TPSA) is 214 Å². The number of nitrogens with zero attached hydrogens (tertiary/aromatic N) is 8. The summed E-state index contributed by atoms with van der Waals surface area (Å²) < 4.78 is 7.85. The number of piperidine rings is 1. The SMILES string of the molecule is Cc1cccc(C(=O)NC2CC(n3cnc4c(NCCCN5CCN(C(=O)COc6cccc7c6C(=O)N([C@@H]6CCC(=O)NC6=O)C7=O)CC5)ncnc43)C2)n1. The van der Waals surface area contributed by atoms with Gasteiger partial charge in [-0.2, -0.15) is 0 Å². The van der Waals surface area contributed by atoms with Crippen LogP contribution >= 0.6 is 0 Å². The monoisotopic (exact) mass is 763 g/mol. The summed E-state index contributed by atoms with van der Waals surface area (Å²) in [7, 11) is 0. The second-order valence-corrected chi connectivity index (χ2v) is 14.4. The molecule has 2 saturated heterocycles. The van der Waals surface area contributed by atoms with Gasteiger partial charge in [-0.25, -0.2) is 19.9 Å². The number of carbonyl (C=O) groups is 6. The maximum absolute atomic E-state index is 13.3. The molecule has 0 bridgehead atoms. The Labute approximate surface area is 321 Å². The smallest absolute Gasteiger partial charge is 0.270 e. The summed E-state index contributed by atoms with van der Waals surface area (Å²) in [4.78, 5) is 98.9. The van der Waals surface area contributed by atoms with E-state index >= 15 is 0 Å². The fraction of sp³-hybridized carbons (Fsp3) is 0.421. The van der Waals surface area contributed by atoms with E-state index in [0.717, 1.165) is 42.0 Å². The molecule has 3 fully saturated rings. The highest BCUT2D eigenvalue weighted by atomic mass is 16.5. The van der Waals surface area contributed by atoms with Crippen molar-refractivity contribution in [1.29, 1.82) is 0 Å². The number of aryl methyl sites for hydroxylation is 1. The Hall–Kier alpha value is -6.30. The number of piperazine rings is 1. The molecule has 4 aromatic rings. The Balaban J connectivity index is 0.766. The Morgan fingerprint density at radius 2 is 1.77 bits per heavy atom. The van der Waals surface area contributed by atoms with Gasteiger partial charge in [-0.15, -0.1) is 0 Å². The fourth-order valence-electron chi connectivity index (χ4n) is 7.68. The first-order valence-electron chi connectivity index (χ1n) is 18.8. The summed E-state index contributed by atoms with van der Waals surface area (Å²) in [6, 6.07) is 9.10. The maximum atomic E-state index is 13.3. The van der Waals surface area contributed by atoms with Gasteiger partial charge < -0.3 is 24.8 Å². The van der Waals surface area contributed by atoms with E-state index in [1.54, 1.807) is 23.4 Å². The summed E-state index contributed by atoms with van der Waals surface area (Å²) in [5.41, 5.74) is 2.76. The van der Waals surface area contributed by atoms with Crippen molar-refractivity contribution in [3.05, 3.63) is 71.6 Å². The number of pyridine rings is 1. The van der Waals surface area contributed by atoms with Gasteiger partial charge in [0.2, 0.25) is 11.8 Å². The van der Waals surface area contributed by atoms with E-state index in [2.05, 4.69) is 40.8 Å². The van der Waals surface area contributed by atoms with Crippen LogP contribution in [0.25, 0.3) is 11.2 Å². The van der Waals surface area contributed by atoms with Crippen LogP contribution in [0.1, 0.15) is 75.0 Å². The summed E-state index contributed by atoms with van der Waals surface area (Å²) in [5.74, 6) is -2.12. The molecule has 3 N–H and O–H groups in total. The number of fused-ring (bicyclic) bond motifs is 2. The van der Waals surface area contributed by atoms with E-state index in [0.29, 0.717) is 49.8 Å². The van der Waals surface area contributed by atoms with Gasteiger partial charge in [0.05, 0.1) is 17.5 Å². The van der Waals surface area contributed by atoms with Gasteiger partial charge in [0, 0.05) is 56.9 Å². The lowest BCUT2D eigenvalue weighted by Crippen LogP contribution is -2.54. The molecule has 3 aromatic heterocycles.